The van der Waals surface area contributed by atoms with Crippen LogP contribution >= 0.6 is 0 Å². The van der Waals surface area contributed by atoms with Crippen LogP contribution in [-0.2, 0) is 19.4 Å². The predicted molar refractivity (Wildman–Crippen MR) is 132 cm³/mol. The van der Waals surface area contributed by atoms with Crippen molar-refractivity contribution >= 4 is 16.6 Å². The number of Topliss-reactive ketones (excluding diaryl/α,β-unsaturated/α-hetero) is 1. The van der Waals surface area contributed by atoms with Gasteiger partial charge in [0.2, 0.25) is 0 Å². The van der Waals surface area contributed by atoms with Crippen LogP contribution < -0.4 is 5.32 Å². The van der Waals surface area contributed by atoms with Crippen LogP contribution in [0.4, 0.5) is 0 Å². The van der Waals surface area contributed by atoms with Gasteiger partial charge in [-0.15, -0.1) is 0 Å². The molecule has 2 aliphatic heterocycles. The maximum absolute atomic E-state index is 12.8. The fraction of sp³-hybridized carbons (Fsp3) is 0.414. The number of hydrogen-bond acceptors (Lipinski definition) is 3. The van der Waals surface area contributed by atoms with Crippen molar-refractivity contribution in [3.8, 4) is 0 Å². The minimum atomic E-state index is 0.323. The molecule has 1 fully saturated rings. The van der Waals surface area contributed by atoms with E-state index in [9.17, 15) is 4.79 Å². The number of carbonyl (C=O) groups excluding carboxylic acids is 1. The van der Waals surface area contributed by atoms with Gasteiger partial charge in [0.25, 0.3) is 0 Å². The van der Waals surface area contributed by atoms with E-state index >= 15 is 0 Å². The van der Waals surface area contributed by atoms with Gasteiger partial charge in [-0.1, -0.05) is 48.5 Å². The molecule has 0 radical (unpaired) electrons. The summed E-state index contributed by atoms with van der Waals surface area (Å²) in [5.74, 6) is 1.04. The lowest BCUT2D eigenvalue weighted by molar-refractivity contribution is 0.0970. The lowest BCUT2D eigenvalue weighted by Gasteiger charge is -2.22. The number of fused-ring (bicyclic) bond motifs is 2. The highest BCUT2D eigenvalue weighted by Crippen LogP contribution is 2.23. The van der Waals surface area contributed by atoms with Crippen molar-refractivity contribution in [2.75, 3.05) is 26.2 Å². The second kappa shape index (κ2) is 9.97. The van der Waals surface area contributed by atoms with Crippen LogP contribution in [0.2, 0.25) is 0 Å². The molecular formula is C29H34N2O. The van der Waals surface area contributed by atoms with Gasteiger partial charge in [0.1, 0.15) is 0 Å². The second-order valence-electron chi connectivity index (χ2n) is 9.60. The summed E-state index contributed by atoms with van der Waals surface area (Å²) in [7, 11) is 0. The SMILES string of the molecule is O=C(CCC1CCNCC1)c1ccc2c(c1)CCN(Cc1ccc3ccccc3c1)CC2. The highest BCUT2D eigenvalue weighted by molar-refractivity contribution is 5.96. The van der Waals surface area contributed by atoms with Crippen molar-refractivity contribution < 1.29 is 4.79 Å². The molecule has 3 heteroatoms. The van der Waals surface area contributed by atoms with Crippen molar-refractivity contribution in [1.82, 2.24) is 10.2 Å². The topological polar surface area (TPSA) is 32.3 Å². The molecule has 2 aliphatic rings. The Kier molecular flexibility index (Phi) is 6.66. The van der Waals surface area contributed by atoms with Gasteiger partial charge in [0.15, 0.2) is 5.78 Å². The van der Waals surface area contributed by atoms with E-state index in [1.165, 1.54) is 40.3 Å². The largest absolute Gasteiger partial charge is 0.317 e. The van der Waals surface area contributed by atoms with Crippen molar-refractivity contribution in [2.24, 2.45) is 5.92 Å². The van der Waals surface area contributed by atoms with Gasteiger partial charge in [-0.25, -0.2) is 0 Å². The molecule has 0 bridgehead atoms. The Morgan fingerprint density at radius 1 is 0.875 bits per heavy atom. The summed E-state index contributed by atoms with van der Waals surface area (Å²) < 4.78 is 0. The smallest absolute Gasteiger partial charge is 0.162 e. The average Bonchev–Trinajstić information content (AvgIpc) is 3.05. The maximum atomic E-state index is 12.8. The van der Waals surface area contributed by atoms with Crippen molar-refractivity contribution in [2.45, 2.75) is 45.1 Å². The van der Waals surface area contributed by atoms with E-state index in [0.29, 0.717) is 18.1 Å². The molecule has 0 unspecified atom stereocenters. The number of hydrogen-bond donors (Lipinski definition) is 1. The van der Waals surface area contributed by atoms with E-state index in [4.69, 9.17) is 0 Å². The molecule has 0 spiro atoms. The summed E-state index contributed by atoms with van der Waals surface area (Å²) in [5.41, 5.74) is 5.09. The van der Waals surface area contributed by atoms with E-state index in [1.807, 2.05) is 0 Å². The zero-order valence-electron chi connectivity index (χ0n) is 19.0. The van der Waals surface area contributed by atoms with Crippen LogP contribution in [0.1, 0.15) is 52.7 Å². The zero-order chi connectivity index (χ0) is 21.8. The summed E-state index contributed by atoms with van der Waals surface area (Å²) in [6.07, 6.45) is 6.24. The van der Waals surface area contributed by atoms with Crippen molar-refractivity contribution in [3.63, 3.8) is 0 Å². The second-order valence-corrected chi connectivity index (χ2v) is 9.60. The Morgan fingerprint density at radius 2 is 1.66 bits per heavy atom. The fourth-order valence-electron chi connectivity index (χ4n) is 5.35. The Bertz CT molecular complexity index is 1080. The highest BCUT2D eigenvalue weighted by atomic mass is 16.1. The number of benzene rings is 3. The highest BCUT2D eigenvalue weighted by Gasteiger charge is 2.18. The molecule has 0 aliphatic carbocycles. The summed E-state index contributed by atoms with van der Waals surface area (Å²) in [5, 5.41) is 6.03. The molecule has 1 N–H and O–H groups in total. The third-order valence-electron chi connectivity index (χ3n) is 7.38. The number of nitrogens with one attached hydrogen (secondary N) is 1. The third kappa shape index (κ3) is 5.11. The molecule has 5 rings (SSSR count). The predicted octanol–water partition coefficient (Wildman–Crippen LogP) is 5.40. The first-order valence-electron chi connectivity index (χ1n) is 12.3. The van der Waals surface area contributed by atoms with E-state index in [2.05, 4.69) is 70.9 Å². The van der Waals surface area contributed by atoms with Crippen molar-refractivity contribution in [1.29, 1.82) is 0 Å². The molecule has 3 aromatic rings. The third-order valence-corrected chi connectivity index (χ3v) is 7.38. The quantitative estimate of drug-likeness (QED) is 0.536. The molecule has 3 nitrogen and oxygen atoms in total. The molecule has 32 heavy (non-hydrogen) atoms. The summed E-state index contributed by atoms with van der Waals surface area (Å²) in [6, 6.07) is 21.9. The standard InChI is InChI=1S/C29H34N2O/c32-29(10-6-22-11-15-30-16-12-22)28-9-8-25-13-17-31(18-14-27(25)20-28)21-23-5-7-24-3-1-2-4-26(24)19-23/h1-5,7-9,19-20,22,30H,6,10-18,21H2. The Labute approximate surface area is 191 Å². The normalized spacial score (nSPS) is 17.8. The van der Waals surface area contributed by atoms with Gasteiger partial charge in [-0.3, -0.25) is 9.69 Å². The van der Waals surface area contributed by atoms with Crippen LogP contribution in [0.15, 0.2) is 60.7 Å². The summed E-state index contributed by atoms with van der Waals surface area (Å²) >= 11 is 0. The number of nitrogens with zero attached hydrogens (tertiary/aromatic N) is 1. The average molecular weight is 427 g/mol. The molecule has 166 valence electrons. The van der Waals surface area contributed by atoms with E-state index < -0.39 is 0 Å². The zero-order valence-corrected chi connectivity index (χ0v) is 19.0. The first-order chi connectivity index (χ1) is 15.7. The lowest BCUT2D eigenvalue weighted by atomic mass is 9.90. The summed E-state index contributed by atoms with van der Waals surface area (Å²) in [6.45, 7) is 5.32. The van der Waals surface area contributed by atoms with Gasteiger partial charge in [0.05, 0.1) is 0 Å². The van der Waals surface area contributed by atoms with Gasteiger partial charge >= 0.3 is 0 Å². The molecule has 0 aromatic heterocycles. The lowest BCUT2D eigenvalue weighted by Crippen LogP contribution is -2.28. The van der Waals surface area contributed by atoms with E-state index in [0.717, 1.165) is 57.5 Å². The first-order valence-corrected chi connectivity index (χ1v) is 12.3. The maximum Gasteiger partial charge on any atom is 0.162 e. The molecule has 3 aromatic carbocycles. The summed E-state index contributed by atoms with van der Waals surface area (Å²) in [4.78, 5) is 15.4. The molecule has 0 atom stereocenters. The van der Waals surface area contributed by atoms with E-state index in [-0.39, 0.29) is 0 Å². The molecule has 0 saturated carbocycles. The molecule has 1 saturated heterocycles. The van der Waals surface area contributed by atoms with Crippen LogP contribution in [0, 0.1) is 5.92 Å². The minimum Gasteiger partial charge on any atom is -0.317 e. The number of rotatable bonds is 6. The van der Waals surface area contributed by atoms with Gasteiger partial charge < -0.3 is 5.32 Å². The molecular weight excluding hydrogens is 392 g/mol. The number of ketones is 1. The van der Waals surface area contributed by atoms with Crippen molar-refractivity contribution in [3.05, 3.63) is 82.9 Å². The Balaban J connectivity index is 1.20. The van der Waals surface area contributed by atoms with Gasteiger partial charge in [0, 0.05) is 31.6 Å². The number of piperidine rings is 1. The van der Waals surface area contributed by atoms with Crippen LogP contribution in [0.3, 0.4) is 0 Å². The fourth-order valence-corrected chi connectivity index (χ4v) is 5.35. The van der Waals surface area contributed by atoms with Crippen LogP contribution in [-0.4, -0.2) is 36.9 Å². The molecule has 0 amide bonds. The minimum absolute atomic E-state index is 0.323. The Morgan fingerprint density at radius 3 is 2.50 bits per heavy atom. The molecule has 2 heterocycles. The van der Waals surface area contributed by atoms with Crippen LogP contribution in [0.25, 0.3) is 10.8 Å². The number of carbonyl (C=O) groups is 1. The van der Waals surface area contributed by atoms with Gasteiger partial charge in [-0.05, 0) is 90.7 Å². The Hall–Kier alpha value is -2.49. The monoisotopic (exact) mass is 426 g/mol. The van der Waals surface area contributed by atoms with E-state index in [1.54, 1.807) is 0 Å². The first kappa shape index (κ1) is 21.4. The van der Waals surface area contributed by atoms with Crippen LogP contribution in [0.5, 0.6) is 0 Å². The van der Waals surface area contributed by atoms with Gasteiger partial charge in [-0.2, -0.15) is 0 Å².